The Kier molecular flexibility index (Phi) is 5.92. The number of aryl methyl sites for hydroxylation is 1. The van der Waals surface area contributed by atoms with Gasteiger partial charge >= 0.3 is 6.18 Å². The molecule has 2 rings (SSSR count). The molecule has 0 bridgehead atoms. The molecule has 1 N–H and O–H groups in total. The van der Waals surface area contributed by atoms with Crippen molar-refractivity contribution in [3.63, 3.8) is 0 Å². The van der Waals surface area contributed by atoms with E-state index in [4.69, 9.17) is 11.6 Å². The van der Waals surface area contributed by atoms with Crippen molar-refractivity contribution < 1.29 is 22.8 Å². The predicted molar refractivity (Wildman–Crippen MR) is 93.2 cm³/mol. The molecule has 2 aromatic rings. The minimum absolute atomic E-state index is 0.0529. The van der Waals surface area contributed by atoms with Crippen molar-refractivity contribution in [2.75, 3.05) is 18.9 Å². The van der Waals surface area contributed by atoms with Crippen LogP contribution in [0.25, 0.3) is 0 Å². The zero-order valence-electron chi connectivity index (χ0n) is 14.0. The van der Waals surface area contributed by atoms with E-state index in [9.17, 15) is 22.8 Å². The van der Waals surface area contributed by atoms with Crippen LogP contribution in [-0.4, -0.2) is 30.3 Å². The molecule has 26 heavy (non-hydrogen) atoms. The number of likely N-dealkylation sites (N-methyl/N-ethyl adjacent to an activating group) is 1. The summed E-state index contributed by atoms with van der Waals surface area (Å²) < 4.78 is 38.5. The van der Waals surface area contributed by atoms with Gasteiger partial charge in [-0.05, 0) is 37.3 Å². The lowest BCUT2D eigenvalue weighted by Crippen LogP contribution is -2.35. The maximum atomic E-state index is 12.8. The summed E-state index contributed by atoms with van der Waals surface area (Å²) in [4.78, 5) is 25.5. The molecule has 8 heteroatoms. The maximum Gasteiger partial charge on any atom is 0.417 e. The Balaban J connectivity index is 2.04. The molecule has 0 radical (unpaired) electrons. The summed E-state index contributed by atoms with van der Waals surface area (Å²) in [5.74, 6) is -0.990. The third kappa shape index (κ3) is 4.98. The van der Waals surface area contributed by atoms with Gasteiger partial charge in [-0.1, -0.05) is 29.3 Å². The van der Waals surface area contributed by atoms with Crippen LogP contribution < -0.4 is 5.32 Å². The monoisotopic (exact) mass is 384 g/mol. The summed E-state index contributed by atoms with van der Waals surface area (Å²) in [6.07, 6.45) is -4.63. The SMILES string of the molecule is Cc1ccc(C(=O)N(C)CC(=O)Nc2ccc(Cl)c(C(F)(F)F)c2)cc1. The fraction of sp³-hybridized carbons (Fsp3) is 0.222. The molecule has 0 aliphatic rings. The first-order valence-corrected chi connectivity index (χ1v) is 7.94. The molecular formula is C18H16ClF3N2O2. The van der Waals surface area contributed by atoms with Crippen LogP contribution in [0.1, 0.15) is 21.5 Å². The molecule has 0 aromatic heterocycles. The maximum absolute atomic E-state index is 12.8. The normalized spacial score (nSPS) is 11.2. The molecule has 0 unspecified atom stereocenters. The quantitative estimate of drug-likeness (QED) is 0.850. The van der Waals surface area contributed by atoms with Crippen LogP contribution >= 0.6 is 11.6 Å². The predicted octanol–water partition coefficient (Wildman–Crippen LogP) is 4.38. The summed E-state index contributed by atoms with van der Waals surface area (Å²) in [6, 6.07) is 9.89. The van der Waals surface area contributed by atoms with Crippen LogP contribution in [0.4, 0.5) is 18.9 Å². The summed E-state index contributed by atoms with van der Waals surface area (Å²) >= 11 is 5.54. The van der Waals surface area contributed by atoms with Gasteiger partial charge in [0.1, 0.15) is 0 Å². The molecule has 2 aromatic carbocycles. The summed E-state index contributed by atoms with van der Waals surface area (Å²) in [5.41, 5.74) is 0.311. The Morgan fingerprint density at radius 2 is 1.73 bits per heavy atom. The Morgan fingerprint density at radius 1 is 1.12 bits per heavy atom. The Labute approximate surface area is 153 Å². The van der Waals surface area contributed by atoms with Crippen LogP contribution in [0.2, 0.25) is 5.02 Å². The fourth-order valence-corrected chi connectivity index (χ4v) is 2.45. The van der Waals surface area contributed by atoms with Crippen molar-refractivity contribution in [3.8, 4) is 0 Å². The molecule has 0 spiro atoms. The number of carbonyl (C=O) groups is 2. The van der Waals surface area contributed by atoms with Gasteiger partial charge in [0, 0.05) is 18.3 Å². The molecule has 0 saturated heterocycles. The van der Waals surface area contributed by atoms with Gasteiger partial charge in [0.05, 0.1) is 17.1 Å². The van der Waals surface area contributed by atoms with Gasteiger partial charge in [-0.3, -0.25) is 9.59 Å². The van der Waals surface area contributed by atoms with Crippen molar-refractivity contribution in [1.82, 2.24) is 4.90 Å². The van der Waals surface area contributed by atoms with Gasteiger partial charge < -0.3 is 10.2 Å². The molecule has 4 nitrogen and oxygen atoms in total. The number of nitrogens with zero attached hydrogens (tertiary/aromatic N) is 1. The minimum Gasteiger partial charge on any atom is -0.332 e. The number of rotatable bonds is 4. The lowest BCUT2D eigenvalue weighted by molar-refractivity contribution is -0.137. The van der Waals surface area contributed by atoms with E-state index >= 15 is 0 Å². The highest BCUT2D eigenvalue weighted by Crippen LogP contribution is 2.36. The number of alkyl halides is 3. The third-order valence-electron chi connectivity index (χ3n) is 3.58. The van der Waals surface area contributed by atoms with Crippen LogP contribution in [-0.2, 0) is 11.0 Å². The van der Waals surface area contributed by atoms with Crippen LogP contribution in [0.15, 0.2) is 42.5 Å². The lowest BCUT2D eigenvalue weighted by Gasteiger charge is -2.17. The van der Waals surface area contributed by atoms with Gasteiger partial charge in [0.25, 0.3) is 5.91 Å². The minimum atomic E-state index is -4.63. The van der Waals surface area contributed by atoms with Crippen molar-refractivity contribution in [3.05, 3.63) is 64.2 Å². The summed E-state index contributed by atoms with van der Waals surface area (Å²) in [6.45, 7) is 1.57. The summed E-state index contributed by atoms with van der Waals surface area (Å²) in [7, 11) is 1.44. The van der Waals surface area contributed by atoms with Crippen LogP contribution in [0.3, 0.4) is 0 Å². The van der Waals surface area contributed by atoms with E-state index in [-0.39, 0.29) is 18.1 Å². The second-order valence-corrected chi connectivity index (χ2v) is 6.18. The van der Waals surface area contributed by atoms with Gasteiger partial charge in [-0.15, -0.1) is 0 Å². The average molecular weight is 385 g/mol. The Morgan fingerprint density at radius 3 is 2.31 bits per heavy atom. The smallest absolute Gasteiger partial charge is 0.332 e. The van der Waals surface area contributed by atoms with E-state index in [0.29, 0.717) is 5.56 Å². The molecule has 0 fully saturated rings. The van der Waals surface area contributed by atoms with Gasteiger partial charge in [0.15, 0.2) is 0 Å². The van der Waals surface area contributed by atoms with Gasteiger partial charge in [-0.2, -0.15) is 13.2 Å². The second-order valence-electron chi connectivity index (χ2n) is 5.77. The van der Waals surface area contributed by atoms with Crippen molar-refractivity contribution in [2.45, 2.75) is 13.1 Å². The fourth-order valence-electron chi connectivity index (χ4n) is 2.22. The van der Waals surface area contributed by atoms with E-state index in [1.807, 2.05) is 6.92 Å². The van der Waals surface area contributed by atoms with E-state index in [1.165, 1.54) is 18.0 Å². The van der Waals surface area contributed by atoms with E-state index in [0.717, 1.165) is 17.7 Å². The molecule has 0 saturated carbocycles. The zero-order chi connectivity index (χ0) is 19.5. The zero-order valence-corrected chi connectivity index (χ0v) is 14.8. The summed E-state index contributed by atoms with van der Waals surface area (Å²) in [5, 5.41) is 1.88. The van der Waals surface area contributed by atoms with Crippen LogP contribution in [0.5, 0.6) is 0 Å². The molecule has 2 amide bonds. The number of hydrogen-bond donors (Lipinski definition) is 1. The second kappa shape index (κ2) is 7.78. The Hall–Kier alpha value is -2.54. The first kappa shape index (κ1) is 19.8. The number of carbonyl (C=O) groups excluding carboxylic acids is 2. The number of anilines is 1. The number of benzene rings is 2. The highest BCUT2D eigenvalue weighted by molar-refractivity contribution is 6.31. The standard InChI is InChI=1S/C18H16ClF3N2O2/c1-11-3-5-12(6-4-11)17(26)24(2)10-16(25)23-13-7-8-15(19)14(9-13)18(20,21)22/h3-9H,10H2,1-2H3,(H,23,25). The lowest BCUT2D eigenvalue weighted by atomic mass is 10.1. The molecule has 0 aliphatic carbocycles. The highest BCUT2D eigenvalue weighted by atomic mass is 35.5. The number of hydrogen-bond acceptors (Lipinski definition) is 2. The van der Waals surface area contributed by atoms with E-state index < -0.39 is 22.7 Å². The molecule has 0 atom stereocenters. The van der Waals surface area contributed by atoms with Crippen molar-refractivity contribution in [2.24, 2.45) is 0 Å². The van der Waals surface area contributed by atoms with Crippen molar-refractivity contribution >= 4 is 29.1 Å². The first-order valence-electron chi connectivity index (χ1n) is 7.56. The Bertz CT molecular complexity index is 820. The molecular weight excluding hydrogens is 369 g/mol. The first-order chi connectivity index (χ1) is 12.1. The van der Waals surface area contributed by atoms with Gasteiger partial charge in [-0.25, -0.2) is 0 Å². The topological polar surface area (TPSA) is 49.4 Å². The van der Waals surface area contributed by atoms with Gasteiger partial charge in [0.2, 0.25) is 5.91 Å². The third-order valence-corrected chi connectivity index (χ3v) is 3.91. The number of halogens is 4. The largest absolute Gasteiger partial charge is 0.417 e. The van der Waals surface area contributed by atoms with Crippen LogP contribution in [0, 0.1) is 6.92 Å². The highest BCUT2D eigenvalue weighted by Gasteiger charge is 2.33. The molecule has 0 aliphatic heterocycles. The molecule has 0 heterocycles. The average Bonchev–Trinajstić information content (AvgIpc) is 2.55. The number of amides is 2. The molecule has 138 valence electrons. The van der Waals surface area contributed by atoms with E-state index in [2.05, 4.69) is 5.32 Å². The number of nitrogens with one attached hydrogen (secondary N) is 1. The van der Waals surface area contributed by atoms with Crippen molar-refractivity contribution in [1.29, 1.82) is 0 Å². The van der Waals surface area contributed by atoms with E-state index in [1.54, 1.807) is 24.3 Å².